The molecule has 2 heterocycles. The highest BCUT2D eigenvalue weighted by molar-refractivity contribution is 4.95. The Bertz CT molecular complexity index is 113. The summed E-state index contributed by atoms with van der Waals surface area (Å²) < 4.78 is 0. The average molecular weight is 126 g/mol. The lowest BCUT2D eigenvalue weighted by Crippen LogP contribution is -2.31. The van der Waals surface area contributed by atoms with Crippen LogP contribution >= 0.6 is 0 Å². The first-order chi connectivity index (χ1) is 4.38. The first-order valence-electron chi connectivity index (χ1n) is 3.81. The van der Waals surface area contributed by atoms with E-state index in [9.17, 15) is 0 Å². The lowest BCUT2D eigenvalue weighted by molar-refractivity contribution is 0.310. The Hall–Kier alpha value is -0.0800. The van der Waals surface area contributed by atoms with Gasteiger partial charge in [-0.1, -0.05) is 0 Å². The van der Waals surface area contributed by atoms with E-state index in [0.29, 0.717) is 0 Å². The number of likely N-dealkylation sites (tertiary alicyclic amines) is 1. The monoisotopic (exact) mass is 126 g/mol. The van der Waals surface area contributed by atoms with E-state index >= 15 is 0 Å². The molecule has 52 valence electrons. The van der Waals surface area contributed by atoms with E-state index in [2.05, 4.69) is 17.3 Å². The Morgan fingerprint density at radius 3 is 3.11 bits per heavy atom. The Kier molecular flexibility index (Phi) is 1.24. The number of hydrogen-bond donors (Lipinski definition) is 1. The first-order valence-corrected chi connectivity index (χ1v) is 3.81. The van der Waals surface area contributed by atoms with Gasteiger partial charge in [0.2, 0.25) is 0 Å². The van der Waals surface area contributed by atoms with Crippen molar-refractivity contribution in [2.45, 2.75) is 24.9 Å². The molecule has 0 amide bonds. The summed E-state index contributed by atoms with van der Waals surface area (Å²) in [6.07, 6.45) is 2.72. The molecular formula is C7H14N2. The van der Waals surface area contributed by atoms with E-state index in [1.54, 1.807) is 0 Å². The van der Waals surface area contributed by atoms with E-state index < -0.39 is 0 Å². The molecule has 0 saturated carbocycles. The molecule has 0 unspecified atom stereocenters. The Morgan fingerprint density at radius 1 is 1.44 bits per heavy atom. The van der Waals surface area contributed by atoms with Gasteiger partial charge >= 0.3 is 0 Å². The Balaban J connectivity index is 2.07. The highest BCUT2D eigenvalue weighted by atomic mass is 15.2. The maximum atomic E-state index is 3.51. The van der Waals surface area contributed by atoms with Crippen molar-refractivity contribution in [3.63, 3.8) is 0 Å². The van der Waals surface area contributed by atoms with Crippen LogP contribution in [0.1, 0.15) is 12.8 Å². The zero-order valence-corrected chi connectivity index (χ0v) is 5.93. The minimum absolute atomic E-state index is 0.829. The summed E-state index contributed by atoms with van der Waals surface area (Å²) in [6, 6.07) is 1.69. The minimum atomic E-state index is 0.829. The quantitative estimate of drug-likeness (QED) is 0.493. The Morgan fingerprint density at radius 2 is 2.33 bits per heavy atom. The van der Waals surface area contributed by atoms with Crippen LogP contribution < -0.4 is 5.32 Å². The molecule has 1 N–H and O–H groups in total. The lowest BCUT2D eigenvalue weighted by Gasteiger charge is -2.16. The summed E-state index contributed by atoms with van der Waals surface area (Å²) in [5, 5.41) is 3.51. The fourth-order valence-electron chi connectivity index (χ4n) is 2.08. The molecule has 2 heteroatoms. The molecule has 0 aromatic heterocycles. The molecule has 0 radical (unpaired) electrons. The maximum absolute atomic E-state index is 3.51. The molecule has 0 spiro atoms. The fourth-order valence-corrected chi connectivity index (χ4v) is 2.08. The number of likely N-dealkylation sites (N-methyl/N-ethyl adjacent to an activating group) is 1. The molecular weight excluding hydrogens is 112 g/mol. The van der Waals surface area contributed by atoms with Crippen molar-refractivity contribution in [1.82, 2.24) is 10.2 Å². The third-order valence-electron chi connectivity index (χ3n) is 2.67. The summed E-state index contributed by atoms with van der Waals surface area (Å²) in [6.45, 7) is 2.53. The van der Waals surface area contributed by atoms with Crippen molar-refractivity contribution >= 4 is 0 Å². The second-order valence-electron chi connectivity index (χ2n) is 3.19. The zero-order valence-electron chi connectivity index (χ0n) is 5.93. The van der Waals surface area contributed by atoms with Crippen LogP contribution in [0.2, 0.25) is 0 Å². The second kappa shape index (κ2) is 1.96. The van der Waals surface area contributed by atoms with Crippen LogP contribution in [0.15, 0.2) is 0 Å². The minimum Gasteiger partial charge on any atom is -0.312 e. The Labute approximate surface area is 56.2 Å². The molecule has 2 aliphatic rings. The summed E-state index contributed by atoms with van der Waals surface area (Å²) in [5.41, 5.74) is 0. The topological polar surface area (TPSA) is 15.3 Å². The largest absolute Gasteiger partial charge is 0.312 e. The number of nitrogens with one attached hydrogen (secondary N) is 1. The third kappa shape index (κ3) is 0.775. The molecule has 0 aliphatic carbocycles. The van der Waals surface area contributed by atoms with Gasteiger partial charge in [-0.25, -0.2) is 0 Å². The molecule has 2 nitrogen and oxygen atoms in total. The molecule has 0 bridgehead atoms. The van der Waals surface area contributed by atoms with Crippen LogP contribution in [0.4, 0.5) is 0 Å². The molecule has 2 fully saturated rings. The van der Waals surface area contributed by atoms with Gasteiger partial charge in [0.15, 0.2) is 0 Å². The number of hydrogen-bond acceptors (Lipinski definition) is 2. The average Bonchev–Trinajstić information content (AvgIpc) is 2.35. The van der Waals surface area contributed by atoms with Crippen molar-refractivity contribution in [1.29, 1.82) is 0 Å². The molecule has 9 heavy (non-hydrogen) atoms. The number of fused-ring (bicyclic) bond motifs is 1. The van der Waals surface area contributed by atoms with E-state index in [0.717, 1.165) is 12.1 Å². The second-order valence-corrected chi connectivity index (χ2v) is 3.19. The maximum Gasteiger partial charge on any atom is 0.0258 e. The van der Waals surface area contributed by atoms with E-state index in [1.165, 1.54) is 25.9 Å². The predicted molar refractivity (Wildman–Crippen MR) is 37.4 cm³/mol. The van der Waals surface area contributed by atoms with Gasteiger partial charge in [0.1, 0.15) is 0 Å². The highest BCUT2D eigenvalue weighted by Crippen LogP contribution is 2.22. The molecule has 0 aromatic carbocycles. The van der Waals surface area contributed by atoms with Crippen molar-refractivity contribution in [3.8, 4) is 0 Å². The van der Waals surface area contributed by atoms with Gasteiger partial charge in [-0.3, -0.25) is 0 Å². The van der Waals surface area contributed by atoms with Crippen molar-refractivity contribution in [2.24, 2.45) is 0 Å². The predicted octanol–water partition coefficient (Wildman–Crippen LogP) is 0.0524. The van der Waals surface area contributed by atoms with Crippen molar-refractivity contribution < 1.29 is 0 Å². The molecule has 2 aliphatic heterocycles. The van der Waals surface area contributed by atoms with Crippen molar-refractivity contribution in [2.75, 3.05) is 20.1 Å². The van der Waals surface area contributed by atoms with Gasteiger partial charge in [-0.05, 0) is 33.0 Å². The van der Waals surface area contributed by atoms with Gasteiger partial charge < -0.3 is 10.2 Å². The zero-order chi connectivity index (χ0) is 6.27. The van der Waals surface area contributed by atoms with Gasteiger partial charge in [0.05, 0.1) is 0 Å². The van der Waals surface area contributed by atoms with Crippen LogP contribution in [0, 0.1) is 0 Å². The van der Waals surface area contributed by atoms with Crippen LogP contribution in [0.3, 0.4) is 0 Å². The smallest absolute Gasteiger partial charge is 0.0258 e. The molecule has 2 rings (SSSR count). The van der Waals surface area contributed by atoms with Gasteiger partial charge in [0.25, 0.3) is 0 Å². The summed E-state index contributed by atoms with van der Waals surface area (Å²) in [5.74, 6) is 0. The van der Waals surface area contributed by atoms with Crippen LogP contribution in [0.5, 0.6) is 0 Å². The van der Waals surface area contributed by atoms with Crippen molar-refractivity contribution in [3.05, 3.63) is 0 Å². The summed E-state index contributed by atoms with van der Waals surface area (Å²) in [4.78, 5) is 2.48. The van der Waals surface area contributed by atoms with E-state index in [4.69, 9.17) is 0 Å². The van der Waals surface area contributed by atoms with Gasteiger partial charge in [-0.15, -0.1) is 0 Å². The number of rotatable bonds is 0. The fraction of sp³-hybridized carbons (Fsp3) is 1.00. The van der Waals surface area contributed by atoms with Crippen LogP contribution in [-0.4, -0.2) is 37.1 Å². The normalized spacial score (nSPS) is 43.7. The SMILES string of the molecule is CN1CC[C@H]2NCC[C@H]21. The van der Waals surface area contributed by atoms with E-state index in [1.807, 2.05) is 0 Å². The van der Waals surface area contributed by atoms with E-state index in [-0.39, 0.29) is 0 Å². The highest BCUT2D eigenvalue weighted by Gasteiger charge is 2.34. The first kappa shape index (κ1) is 5.69. The van der Waals surface area contributed by atoms with Crippen LogP contribution in [-0.2, 0) is 0 Å². The van der Waals surface area contributed by atoms with Crippen LogP contribution in [0.25, 0.3) is 0 Å². The van der Waals surface area contributed by atoms with Gasteiger partial charge in [0, 0.05) is 12.1 Å². The molecule has 2 saturated heterocycles. The standard InChI is InChI=1S/C7H14N2/c1-9-5-3-6-7(9)2-4-8-6/h6-8H,2-5H2,1H3/t6-,7-/m1/s1. The third-order valence-corrected chi connectivity index (χ3v) is 2.67. The van der Waals surface area contributed by atoms with Gasteiger partial charge in [-0.2, -0.15) is 0 Å². The molecule has 2 atom stereocenters. The molecule has 0 aromatic rings. The number of nitrogens with zero attached hydrogens (tertiary/aromatic N) is 1. The summed E-state index contributed by atoms with van der Waals surface area (Å²) in [7, 11) is 2.23. The lowest BCUT2D eigenvalue weighted by atomic mass is 10.1. The summed E-state index contributed by atoms with van der Waals surface area (Å²) >= 11 is 0.